The van der Waals surface area contributed by atoms with E-state index < -0.39 is 44.8 Å². The zero-order valence-electron chi connectivity index (χ0n) is 12.7. The normalized spacial score (nSPS) is 25.3. The Labute approximate surface area is 133 Å². The molecule has 0 radical (unpaired) electrons. The van der Waals surface area contributed by atoms with Crippen LogP contribution in [-0.4, -0.2) is 31.7 Å². The third kappa shape index (κ3) is 4.06. The Hall–Kier alpha value is -1.54. The molecule has 8 heteroatoms. The molecule has 0 bridgehead atoms. The number of aryl methyl sites for hydroxylation is 1. The van der Waals surface area contributed by atoms with Gasteiger partial charge in [-0.05, 0) is 44.2 Å². The summed E-state index contributed by atoms with van der Waals surface area (Å²) in [6.45, 7) is 0.969. The molecule has 1 fully saturated rings. The van der Waals surface area contributed by atoms with Gasteiger partial charge in [-0.25, -0.2) is 21.9 Å². The van der Waals surface area contributed by atoms with Crippen LogP contribution >= 0.6 is 0 Å². The Morgan fingerprint density at radius 1 is 1.39 bits per heavy atom. The molecule has 1 saturated carbocycles. The van der Waals surface area contributed by atoms with Crippen molar-refractivity contribution >= 4 is 16.0 Å². The van der Waals surface area contributed by atoms with Crippen molar-refractivity contribution in [3.63, 3.8) is 0 Å². The zero-order valence-corrected chi connectivity index (χ0v) is 13.5. The van der Waals surface area contributed by atoms with Crippen molar-refractivity contribution in [3.8, 4) is 0 Å². The molecule has 0 amide bonds. The SMILES string of the molecule is Cc1cccc(F)c1S(=O)(=O)NCC1(F)CCC(C(=O)O)CC1. The van der Waals surface area contributed by atoms with Crippen molar-refractivity contribution in [2.75, 3.05) is 6.54 Å². The lowest BCUT2D eigenvalue weighted by Gasteiger charge is -2.32. The van der Waals surface area contributed by atoms with E-state index in [-0.39, 0.29) is 31.2 Å². The van der Waals surface area contributed by atoms with Crippen LogP contribution in [0.25, 0.3) is 0 Å². The van der Waals surface area contributed by atoms with Crippen molar-refractivity contribution in [1.29, 1.82) is 0 Å². The van der Waals surface area contributed by atoms with Crippen molar-refractivity contribution < 1.29 is 27.1 Å². The second-order valence-corrected chi connectivity index (χ2v) is 7.68. The fraction of sp³-hybridized carbons (Fsp3) is 0.533. The van der Waals surface area contributed by atoms with Crippen LogP contribution in [0.5, 0.6) is 0 Å². The van der Waals surface area contributed by atoms with E-state index in [9.17, 15) is 22.0 Å². The van der Waals surface area contributed by atoms with E-state index in [0.29, 0.717) is 0 Å². The van der Waals surface area contributed by atoms with Gasteiger partial charge in [-0.3, -0.25) is 4.79 Å². The Morgan fingerprint density at radius 3 is 2.52 bits per heavy atom. The van der Waals surface area contributed by atoms with E-state index in [4.69, 9.17) is 5.11 Å². The third-order valence-corrected chi connectivity index (χ3v) is 5.82. The lowest BCUT2D eigenvalue weighted by atomic mass is 9.80. The van der Waals surface area contributed by atoms with E-state index in [1.807, 2.05) is 0 Å². The average Bonchev–Trinajstić information content (AvgIpc) is 2.45. The lowest BCUT2D eigenvalue weighted by Crippen LogP contribution is -2.43. The zero-order chi connectivity index (χ0) is 17.3. The largest absolute Gasteiger partial charge is 0.481 e. The minimum absolute atomic E-state index is 0.0389. The van der Waals surface area contributed by atoms with Gasteiger partial charge >= 0.3 is 5.97 Å². The van der Waals surface area contributed by atoms with E-state index >= 15 is 0 Å². The van der Waals surface area contributed by atoms with E-state index in [1.165, 1.54) is 19.1 Å². The molecule has 2 N–H and O–H groups in total. The van der Waals surface area contributed by atoms with Gasteiger partial charge < -0.3 is 5.11 Å². The van der Waals surface area contributed by atoms with Gasteiger partial charge in [0.2, 0.25) is 10.0 Å². The maximum Gasteiger partial charge on any atom is 0.306 e. The molecule has 0 atom stereocenters. The third-order valence-electron chi connectivity index (χ3n) is 4.24. The second kappa shape index (κ2) is 6.52. The van der Waals surface area contributed by atoms with Gasteiger partial charge in [0.1, 0.15) is 16.4 Å². The van der Waals surface area contributed by atoms with Crippen LogP contribution in [0.3, 0.4) is 0 Å². The number of aliphatic carboxylic acids is 1. The molecule has 0 unspecified atom stereocenters. The van der Waals surface area contributed by atoms with Gasteiger partial charge in [0.15, 0.2) is 0 Å². The summed E-state index contributed by atoms with van der Waals surface area (Å²) in [6, 6.07) is 3.89. The van der Waals surface area contributed by atoms with Crippen molar-refractivity contribution in [2.24, 2.45) is 5.92 Å². The predicted octanol–water partition coefficient (Wildman–Crippen LogP) is 2.40. The molecule has 0 saturated heterocycles. The maximum atomic E-state index is 14.6. The summed E-state index contributed by atoms with van der Waals surface area (Å²) < 4.78 is 55.0. The predicted molar refractivity (Wildman–Crippen MR) is 79.8 cm³/mol. The van der Waals surface area contributed by atoms with Crippen LogP contribution in [0, 0.1) is 18.7 Å². The van der Waals surface area contributed by atoms with Gasteiger partial charge in [-0.15, -0.1) is 0 Å². The first-order valence-corrected chi connectivity index (χ1v) is 8.79. The molecule has 5 nitrogen and oxygen atoms in total. The van der Waals surface area contributed by atoms with E-state index in [1.54, 1.807) is 0 Å². The number of hydrogen-bond acceptors (Lipinski definition) is 3. The highest BCUT2D eigenvalue weighted by Gasteiger charge is 2.38. The number of carbonyl (C=O) groups is 1. The minimum Gasteiger partial charge on any atom is -0.481 e. The van der Waals surface area contributed by atoms with Gasteiger partial charge in [0, 0.05) is 6.54 Å². The molecule has 0 aliphatic heterocycles. The summed E-state index contributed by atoms with van der Waals surface area (Å²) in [5, 5.41) is 8.90. The topological polar surface area (TPSA) is 83.5 Å². The molecule has 1 aliphatic rings. The van der Waals surface area contributed by atoms with Crippen molar-refractivity contribution in [2.45, 2.75) is 43.2 Å². The number of rotatable bonds is 5. The molecule has 2 rings (SSSR count). The lowest BCUT2D eigenvalue weighted by molar-refractivity contribution is -0.143. The van der Waals surface area contributed by atoms with E-state index in [0.717, 1.165) is 6.07 Å². The summed E-state index contributed by atoms with van der Waals surface area (Å²) in [7, 11) is -4.17. The molecule has 128 valence electrons. The molecular weight excluding hydrogens is 328 g/mol. The summed E-state index contributed by atoms with van der Waals surface area (Å²) in [6.07, 6.45) is 0.240. The first kappa shape index (κ1) is 17.8. The highest BCUT2D eigenvalue weighted by atomic mass is 32.2. The number of sulfonamides is 1. The average molecular weight is 347 g/mol. The van der Waals surface area contributed by atoms with Crippen LogP contribution in [0.1, 0.15) is 31.2 Å². The van der Waals surface area contributed by atoms with Gasteiger partial charge in [-0.2, -0.15) is 0 Å². The molecule has 0 spiro atoms. The fourth-order valence-electron chi connectivity index (χ4n) is 2.81. The number of carboxylic acid groups (broad SMARTS) is 1. The maximum absolute atomic E-state index is 14.6. The molecule has 1 aromatic rings. The summed E-state index contributed by atoms with van der Waals surface area (Å²) in [5.74, 6) is -2.45. The first-order chi connectivity index (χ1) is 10.6. The minimum atomic E-state index is -4.17. The van der Waals surface area contributed by atoms with Crippen molar-refractivity contribution in [3.05, 3.63) is 29.6 Å². The Bertz CT molecular complexity index is 677. The monoisotopic (exact) mass is 347 g/mol. The number of benzene rings is 1. The van der Waals surface area contributed by atoms with Crippen LogP contribution in [0.15, 0.2) is 23.1 Å². The standard InChI is InChI=1S/C15H19F2NO4S/c1-10-3-2-4-12(16)13(10)23(21,22)18-9-15(17)7-5-11(6-8-15)14(19)20/h2-4,11,18H,5-9H2,1H3,(H,19,20). The van der Waals surface area contributed by atoms with Crippen LogP contribution in [0.4, 0.5) is 8.78 Å². The van der Waals surface area contributed by atoms with Gasteiger partial charge in [-0.1, -0.05) is 12.1 Å². The van der Waals surface area contributed by atoms with Crippen LogP contribution in [-0.2, 0) is 14.8 Å². The Morgan fingerprint density at radius 2 is 2.00 bits per heavy atom. The first-order valence-electron chi connectivity index (χ1n) is 7.31. The van der Waals surface area contributed by atoms with Gasteiger partial charge in [0.25, 0.3) is 0 Å². The molecule has 0 heterocycles. The van der Waals surface area contributed by atoms with Crippen LogP contribution in [0.2, 0.25) is 0 Å². The fourth-order valence-corrected chi connectivity index (χ4v) is 4.22. The van der Waals surface area contributed by atoms with Gasteiger partial charge in [0.05, 0.1) is 5.92 Å². The summed E-state index contributed by atoms with van der Waals surface area (Å²) in [4.78, 5) is 10.4. The van der Waals surface area contributed by atoms with Crippen LogP contribution < -0.4 is 4.72 Å². The summed E-state index contributed by atoms with van der Waals surface area (Å²) >= 11 is 0. The smallest absolute Gasteiger partial charge is 0.306 e. The number of carboxylic acids is 1. The Kier molecular flexibility index (Phi) is 5.05. The van der Waals surface area contributed by atoms with E-state index in [2.05, 4.69) is 4.72 Å². The number of nitrogens with one attached hydrogen (secondary N) is 1. The quantitative estimate of drug-likeness (QED) is 0.857. The Balaban J connectivity index is 2.07. The molecule has 1 aliphatic carbocycles. The number of halogens is 2. The molecular formula is C15H19F2NO4S. The second-order valence-electron chi connectivity index (χ2n) is 5.97. The summed E-state index contributed by atoms with van der Waals surface area (Å²) in [5.41, 5.74) is -1.57. The molecule has 23 heavy (non-hydrogen) atoms. The number of alkyl halides is 1. The highest BCUT2D eigenvalue weighted by Crippen LogP contribution is 2.35. The van der Waals surface area contributed by atoms with Crippen molar-refractivity contribution in [1.82, 2.24) is 4.72 Å². The highest BCUT2D eigenvalue weighted by molar-refractivity contribution is 7.89. The number of hydrogen-bond donors (Lipinski definition) is 2. The molecule has 1 aromatic carbocycles. The molecule has 0 aromatic heterocycles.